The summed E-state index contributed by atoms with van der Waals surface area (Å²) in [7, 11) is 0. The fourth-order valence-corrected chi connectivity index (χ4v) is 3.89. The Morgan fingerprint density at radius 2 is 2.28 bits per heavy atom. The number of amides is 1. The summed E-state index contributed by atoms with van der Waals surface area (Å²) in [5, 5.41) is 5.56. The molecule has 2 heterocycles. The first-order valence-corrected chi connectivity index (χ1v) is 9.73. The van der Waals surface area contributed by atoms with E-state index in [4.69, 9.17) is 4.74 Å². The van der Waals surface area contributed by atoms with Gasteiger partial charge in [0.15, 0.2) is 5.13 Å². The van der Waals surface area contributed by atoms with Gasteiger partial charge in [0, 0.05) is 18.5 Å². The second-order valence-electron chi connectivity index (χ2n) is 6.51. The molecule has 25 heavy (non-hydrogen) atoms. The Balaban J connectivity index is 1.62. The molecular weight excluding hydrogens is 334 g/mol. The van der Waals surface area contributed by atoms with Crippen molar-refractivity contribution in [2.24, 2.45) is 5.92 Å². The summed E-state index contributed by atoms with van der Waals surface area (Å²) in [6.45, 7) is 7.84. The molecule has 3 rings (SSSR count). The van der Waals surface area contributed by atoms with Crippen molar-refractivity contribution in [1.82, 2.24) is 9.88 Å². The maximum atomic E-state index is 12.5. The van der Waals surface area contributed by atoms with Crippen LogP contribution >= 0.6 is 11.3 Å². The molecule has 0 spiro atoms. The zero-order valence-corrected chi connectivity index (χ0v) is 15.6. The molecule has 1 saturated heterocycles. The summed E-state index contributed by atoms with van der Waals surface area (Å²) in [5.74, 6) is 1.17. The highest BCUT2D eigenvalue weighted by Gasteiger charge is 2.18. The Kier molecular flexibility index (Phi) is 6.04. The van der Waals surface area contributed by atoms with E-state index in [1.165, 1.54) is 24.2 Å². The van der Waals surface area contributed by atoms with E-state index in [0.717, 1.165) is 31.2 Å². The number of thiazole rings is 1. The zero-order chi connectivity index (χ0) is 17.6. The first-order chi connectivity index (χ1) is 12.2. The normalized spacial score (nSPS) is 18.1. The van der Waals surface area contributed by atoms with Crippen molar-refractivity contribution in [3.05, 3.63) is 40.9 Å². The van der Waals surface area contributed by atoms with E-state index in [0.29, 0.717) is 23.1 Å². The predicted octanol–water partition coefficient (Wildman–Crippen LogP) is 4.03. The summed E-state index contributed by atoms with van der Waals surface area (Å²) in [5.41, 5.74) is 1.55. The van der Waals surface area contributed by atoms with Gasteiger partial charge in [-0.2, -0.15) is 0 Å². The maximum absolute atomic E-state index is 12.5. The van der Waals surface area contributed by atoms with E-state index in [2.05, 4.69) is 22.1 Å². The summed E-state index contributed by atoms with van der Waals surface area (Å²) in [6.07, 6.45) is 2.57. The van der Waals surface area contributed by atoms with Crippen molar-refractivity contribution in [1.29, 1.82) is 0 Å². The van der Waals surface area contributed by atoms with Gasteiger partial charge < -0.3 is 4.74 Å². The largest absolute Gasteiger partial charge is 0.493 e. The smallest absolute Gasteiger partial charge is 0.261 e. The fourth-order valence-electron chi connectivity index (χ4n) is 3.20. The van der Waals surface area contributed by atoms with Crippen LogP contribution in [-0.4, -0.2) is 35.5 Å². The van der Waals surface area contributed by atoms with E-state index >= 15 is 0 Å². The lowest BCUT2D eigenvalue weighted by Crippen LogP contribution is -2.33. The molecule has 5 nitrogen and oxygen atoms in total. The molecule has 1 amide bonds. The van der Waals surface area contributed by atoms with E-state index in [1.54, 1.807) is 6.07 Å². The molecule has 0 aliphatic carbocycles. The molecular formula is C19H25N3O2S. The maximum Gasteiger partial charge on any atom is 0.261 e. The van der Waals surface area contributed by atoms with Gasteiger partial charge in [0.25, 0.3) is 5.91 Å². The Morgan fingerprint density at radius 3 is 3.08 bits per heavy atom. The molecule has 1 aromatic heterocycles. The Hall–Kier alpha value is -1.92. The standard InChI is InChI=1S/C19H25N3O2S/c1-3-24-17-9-5-4-8-16(17)18(23)21-19-20-15(13-25-19)12-22-10-6-7-14(2)11-22/h4-5,8-9,13-14H,3,6-7,10-12H2,1-2H3,(H,20,21,23)/t14-/m1/s1. The van der Waals surface area contributed by atoms with Crippen LogP contribution in [0.25, 0.3) is 0 Å². The van der Waals surface area contributed by atoms with Crippen molar-refractivity contribution >= 4 is 22.4 Å². The van der Waals surface area contributed by atoms with Crippen LogP contribution in [0.1, 0.15) is 42.7 Å². The van der Waals surface area contributed by atoms with E-state index in [9.17, 15) is 4.79 Å². The summed E-state index contributed by atoms with van der Waals surface area (Å²) < 4.78 is 5.53. The van der Waals surface area contributed by atoms with Gasteiger partial charge in [-0.1, -0.05) is 19.1 Å². The topological polar surface area (TPSA) is 54.5 Å². The van der Waals surface area contributed by atoms with E-state index in [1.807, 2.05) is 30.5 Å². The van der Waals surface area contributed by atoms with Gasteiger partial charge in [0.2, 0.25) is 0 Å². The molecule has 0 unspecified atom stereocenters. The summed E-state index contributed by atoms with van der Waals surface area (Å²) in [4.78, 5) is 19.5. The molecule has 134 valence electrons. The van der Waals surface area contributed by atoms with E-state index in [-0.39, 0.29) is 5.91 Å². The first kappa shape index (κ1) is 17.9. The number of rotatable bonds is 6. The van der Waals surface area contributed by atoms with Crippen LogP contribution in [-0.2, 0) is 6.54 Å². The predicted molar refractivity (Wildman–Crippen MR) is 101 cm³/mol. The minimum atomic E-state index is -0.184. The van der Waals surface area contributed by atoms with Crippen LogP contribution in [0, 0.1) is 5.92 Å². The van der Waals surface area contributed by atoms with Crippen LogP contribution in [0.15, 0.2) is 29.6 Å². The number of benzene rings is 1. The van der Waals surface area contributed by atoms with Gasteiger partial charge in [-0.25, -0.2) is 4.98 Å². The fraction of sp³-hybridized carbons (Fsp3) is 0.474. The Bertz CT molecular complexity index is 716. The number of nitrogens with zero attached hydrogens (tertiary/aromatic N) is 2. The molecule has 2 aromatic rings. The number of hydrogen-bond donors (Lipinski definition) is 1. The highest BCUT2D eigenvalue weighted by atomic mass is 32.1. The van der Waals surface area contributed by atoms with Crippen LogP contribution in [0.5, 0.6) is 5.75 Å². The minimum absolute atomic E-state index is 0.184. The number of para-hydroxylation sites is 1. The molecule has 1 N–H and O–H groups in total. The van der Waals surface area contributed by atoms with Gasteiger partial charge in [-0.05, 0) is 44.4 Å². The van der Waals surface area contributed by atoms with Gasteiger partial charge >= 0.3 is 0 Å². The second kappa shape index (κ2) is 8.45. The quantitative estimate of drug-likeness (QED) is 0.846. The number of likely N-dealkylation sites (tertiary alicyclic amines) is 1. The zero-order valence-electron chi connectivity index (χ0n) is 14.8. The van der Waals surface area contributed by atoms with Gasteiger partial charge in [-0.3, -0.25) is 15.0 Å². The lowest BCUT2D eigenvalue weighted by atomic mass is 10.0. The molecule has 0 bridgehead atoms. The molecule has 1 atom stereocenters. The van der Waals surface area contributed by atoms with Crippen molar-refractivity contribution in [3.63, 3.8) is 0 Å². The Morgan fingerprint density at radius 1 is 1.44 bits per heavy atom. The van der Waals surface area contributed by atoms with Crippen LogP contribution in [0.2, 0.25) is 0 Å². The Labute approximate surface area is 153 Å². The van der Waals surface area contributed by atoms with Crippen molar-refractivity contribution < 1.29 is 9.53 Å². The third-order valence-corrected chi connectivity index (χ3v) is 5.14. The van der Waals surface area contributed by atoms with E-state index < -0.39 is 0 Å². The van der Waals surface area contributed by atoms with Crippen LogP contribution in [0.4, 0.5) is 5.13 Å². The number of aromatic nitrogens is 1. The van der Waals surface area contributed by atoms with Crippen molar-refractivity contribution in [3.8, 4) is 5.75 Å². The second-order valence-corrected chi connectivity index (χ2v) is 7.37. The highest BCUT2D eigenvalue weighted by Crippen LogP contribution is 2.23. The molecule has 0 saturated carbocycles. The summed E-state index contributed by atoms with van der Waals surface area (Å²) >= 11 is 1.47. The third kappa shape index (κ3) is 4.80. The molecule has 1 aliphatic heterocycles. The van der Waals surface area contributed by atoms with Crippen LogP contribution < -0.4 is 10.1 Å². The monoisotopic (exact) mass is 359 g/mol. The molecule has 6 heteroatoms. The van der Waals surface area contributed by atoms with Crippen LogP contribution in [0.3, 0.4) is 0 Å². The lowest BCUT2D eigenvalue weighted by molar-refractivity contribution is 0.102. The number of anilines is 1. The number of ether oxygens (including phenoxy) is 1. The molecule has 1 aromatic carbocycles. The number of carbonyl (C=O) groups excluding carboxylic acids is 1. The van der Waals surface area contributed by atoms with Gasteiger partial charge in [-0.15, -0.1) is 11.3 Å². The minimum Gasteiger partial charge on any atom is -0.493 e. The van der Waals surface area contributed by atoms with Crippen molar-refractivity contribution in [2.75, 3.05) is 25.0 Å². The average molecular weight is 359 g/mol. The van der Waals surface area contributed by atoms with Gasteiger partial charge in [0.05, 0.1) is 17.9 Å². The SMILES string of the molecule is CCOc1ccccc1C(=O)Nc1nc(CN2CCC[C@@H](C)C2)cs1. The van der Waals surface area contributed by atoms with Gasteiger partial charge in [0.1, 0.15) is 5.75 Å². The molecule has 1 fully saturated rings. The molecule has 0 radical (unpaired) electrons. The number of nitrogens with one attached hydrogen (secondary N) is 1. The lowest BCUT2D eigenvalue weighted by Gasteiger charge is -2.30. The molecule has 1 aliphatic rings. The average Bonchev–Trinajstić information content (AvgIpc) is 3.02. The third-order valence-electron chi connectivity index (χ3n) is 4.33. The number of carbonyl (C=O) groups is 1. The number of piperidine rings is 1. The summed E-state index contributed by atoms with van der Waals surface area (Å²) in [6, 6.07) is 7.28. The first-order valence-electron chi connectivity index (χ1n) is 8.85. The van der Waals surface area contributed by atoms with Crippen molar-refractivity contribution in [2.45, 2.75) is 33.2 Å². The highest BCUT2D eigenvalue weighted by molar-refractivity contribution is 7.14. The number of hydrogen-bond acceptors (Lipinski definition) is 5.